The van der Waals surface area contributed by atoms with Crippen LogP contribution in [0.15, 0.2) is 18.2 Å². The number of halogens is 1. The molecule has 0 bridgehead atoms. The first-order valence-electron chi connectivity index (χ1n) is 4.19. The Hall–Kier alpha value is -1.58. The van der Waals surface area contributed by atoms with Crippen LogP contribution in [-0.4, -0.2) is 13.1 Å². The lowest BCUT2D eigenvalue weighted by atomic mass is 10.0. The molecular weight excluding hydrogens is 185 g/mol. The number of nitrogen functional groups attached to an aromatic ring is 1. The van der Waals surface area contributed by atoms with Gasteiger partial charge in [-0.15, -0.1) is 0 Å². The lowest BCUT2D eigenvalue weighted by Gasteiger charge is -2.10. The van der Waals surface area contributed by atoms with Gasteiger partial charge in [-0.1, -0.05) is 6.07 Å². The molecule has 0 fully saturated rings. The summed E-state index contributed by atoms with van der Waals surface area (Å²) < 4.78 is 17.8. The molecule has 1 aromatic rings. The summed E-state index contributed by atoms with van der Waals surface area (Å²) in [6.07, 6.45) is 0. The number of methoxy groups -OCH3 is 1. The SMILES string of the molecule is COC(=O)[C@H](C)c1ccc(N)cc1F. The third-order valence-corrected chi connectivity index (χ3v) is 2.05. The van der Waals surface area contributed by atoms with Gasteiger partial charge >= 0.3 is 5.97 Å². The Morgan fingerprint density at radius 1 is 1.57 bits per heavy atom. The largest absolute Gasteiger partial charge is 0.469 e. The Kier molecular flexibility index (Phi) is 3.06. The van der Waals surface area contributed by atoms with E-state index in [-0.39, 0.29) is 0 Å². The summed E-state index contributed by atoms with van der Waals surface area (Å²) in [4.78, 5) is 11.1. The van der Waals surface area contributed by atoms with Gasteiger partial charge in [0, 0.05) is 11.3 Å². The Bertz CT molecular complexity index is 352. The summed E-state index contributed by atoms with van der Waals surface area (Å²) in [5.74, 6) is -1.56. The number of hydrogen-bond donors (Lipinski definition) is 1. The van der Waals surface area contributed by atoms with Crippen LogP contribution in [0.1, 0.15) is 18.4 Å². The fourth-order valence-corrected chi connectivity index (χ4v) is 1.20. The molecule has 4 heteroatoms. The normalized spacial score (nSPS) is 12.2. The molecule has 2 N–H and O–H groups in total. The van der Waals surface area contributed by atoms with Crippen LogP contribution in [0.25, 0.3) is 0 Å². The van der Waals surface area contributed by atoms with E-state index in [4.69, 9.17) is 5.73 Å². The first-order valence-corrected chi connectivity index (χ1v) is 4.19. The van der Waals surface area contributed by atoms with Crippen molar-refractivity contribution in [2.45, 2.75) is 12.8 Å². The van der Waals surface area contributed by atoms with E-state index in [9.17, 15) is 9.18 Å². The van der Waals surface area contributed by atoms with E-state index in [1.807, 2.05) is 0 Å². The van der Waals surface area contributed by atoms with E-state index in [1.165, 1.54) is 19.2 Å². The Balaban J connectivity index is 3.01. The summed E-state index contributed by atoms with van der Waals surface area (Å²) in [5.41, 5.74) is 6.01. The molecule has 0 spiro atoms. The summed E-state index contributed by atoms with van der Waals surface area (Å²) in [7, 11) is 1.27. The lowest BCUT2D eigenvalue weighted by molar-refractivity contribution is -0.142. The molecule has 0 radical (unpaired) electrons. The fourth-order valence-electron chi connectivity index (χ4n) is 1.20. The Labute approximate surface area is 81.7 Å². The number of anilines is 1. The number of esters is 1. The van der Waals surface area contributed by atoms with Crippen molar-refractivity contribution < 1.29 is 13.9 Å². The van der Waals surface area contributed by atoms with E-state index < -0.39 is 17.7 Å². The van der Waals surface area contributed by atoms with Crippen LogP contribution in [0.5, 0.6) is 0 Å². The second-order valence-corrected chi connectivity index (χ2v) is 3.03. The highest BCUT2D eigenvalue weighted by Crippen LogP contribution is 2.21. The predicted octanol–water partition coefficient (Wildman–Crippen LogP) is 1.68. The number of hydrogen-bond acceptors (Lipinski definition) is 3. The summed E-state index contributed by atoms with van der Waals surface area (Å²) in [6, 6.07) is 4.23. The van der Waals surface area contributed by atoms with Crippen molar-refractivity contribution in [2.24, 2.45) is 0 Å². The molecule has 0 amide bonds. The minimum atomic E-state index is -0.611. The van der Waals surface area contributed by atoms with Gasteiger partial charge in [0.2, 0.25) is 0 Å². The molecule has 0 aliphatic rings. The summed E-state index contributed by atoms with van der Waals surface area (Å²) >= 11 is 0. The standard InChI is InChI=1S/C10H12FNO2/c1-6(10(13)14-2)8-4-3-7(12)5-9(8)11/h3-6H,12H2,1-2H3/t6-/m1/s1. The molecule has 3 nitrogen and oxygen atoms in total. The van der Waals surface area contributed by atoms with Crippen molar-refractivity contribution >= 4 is 11.7 Å². The van der Waals surface area contributed by atoms with Gasteiger partial charge in [0.1, 0.15) is 5.82 Å². The van der Waals surface area contributed by atoms with Crippen LogP contribution in [-0.2, 0) is 9.53 Å². The maximum absolute atomic E-state index is 13.3. The van der Waals surface area contributed by atoms with Gasteiger partial charge in [-0.25, -0.2) is 4.39 Å². The molecule has 0 saturated carbocycles. The molecule has 76 valence electrons. The molecule has 0 aliphatic heterocycles. The topological polar surface area (TPSA) is 52.3 Å². The average Bonchev–Trinajstić information content (AvgIpc) is 2.15. The van der Waals surface area contributed by atoms with Gasteiger partial charge in [-0.2, -0.15) is 0 Å². The smallest absolute Gasteiger partial charge is 0.312 e. The van der Waals surface area contributed by atoms with Crippen molar-refractivity contribution in [1.29, 1.82) is 0 Å². The van der Waals surface area contributed by atoms with Gasteiger partial charge < -0.3 is 10.5 Å². The molecule has 0 heterocycles. The minimum Gasteiger partial charge on any atom is -0.469 e. The summed E-state index contributed by atoms with van der Waals surface area (Å²) in [5, 5.41) is 0. The molecule has 1 atom stereocenters. The van der Waals surface area contributed by atoms with Crippen LogP contribution in [0.3, 0.4) is 0 Å². The molecule has 0 aliphatic carbocycles. The number of carbonyl (C=O) groups excluding carboxylic acids is 1. The number of nitrogens with two attached hydrogens (primary N) is 1. The second-order valence-electron chi connectivity index (χ2n) is 3.03. The van der Waals surface area contributed by atoms with Crippen LogP contribution in [0.4, 0.5) is 10.1 Å². The third-order valence-electron chi connectivity index (χ3n) is 2.05. The molecule has 0 unspecified atom stereocenters. The number of benzene rings is 1. The predicted molar refractivity (Wildman–Crippen MR) is 51.2 cm³/mol. The van der Waals surface area contributed by atoms with Crippen molar-refractivity contribution in [3.8, 4) is 0 Å². The molecule has 14 heavy (non-hydrogen) atoms. The van der Waals surface area contributed by atoms with Gasteiger partial charge in [-0.05, 0) is 19.1 Å². The van der Waals surface area contributed by atoms with E-state index in [0.29, 0.717) is 11.3 Å². The average molecular weight is 197 g/mol. The highest BCUT2D eigenvalue weighted by atomic mass is 19.1. The Morgan fingerprint density at radius 3 is 2.71 bits per heavy atom. The highest BCUT2D eigenvalue weighted by molar-refractivity contribution is 5.77. The molecular formula is C10H12FNO2. The van der Waals surface area contributed by atoms with Crippen molar-refractivity contribution in [1.82, 2.24) is 0 Å². The molecule has 0 saturated heterocycles. The van der Waals surface area contributed by atoms with Crippen LogP contribution in [0, 0.1) is 5.82 Å². The van der Waals surface area contributed by atoms with E-state index in [2.05, 4.69) is 4.74 Å². The van der Waals surface area contributed by atoms with Crippen LogP contribution >= 0.6 is 0 Å². The van der Waals surface area contributed by atoms with Crippen molar-refractivity contribution in [3.05, 3.63) is 29.6 Å². The van der Waals surface area contributed by atoms with Crippen LogP contribution in [0.2, 0.25) is 0 Å². The lowest BCUT2D eigenvalue weighted by Crippen LogP contribution is -2.12. The maximum atomic E-state index is 13.3. The highest BCUT2D eigenvalue weighted by Gasteiger charge is 2.18. The molecule has 1 aromatic carbocycles. The number of rotatable bonds is 2. The van der Waals surface area contributed by atoms with Gasteiger partial charge in [0.15, 0.2) is 0 Å². The van der Waals surface area contributed by atoms with Crippen LogP contribution < -0.4 is 5.73 Å². The molecule has 0 aromatic heterocycles. The minimum absolute atomic E-state index is 0.297. The van der Waals surface area contributed by atoms with Gasteiger partial charge in [0.25, 0.3) is 0 Å². The maximum Gasteiger partial charge on any atom is 0.312 e. The first kappa shape index (κ1) is 10.5. The number of ether oxygens (including phenoxy) is 1. The monoisotopic (exact) mass is 197 g/mol. The second kappa shape index (κ2) is 4.09. The quantitative estimate of drug-likeness (QED) is 0.579. The number of carbonyl (C=O) groups is 1. The van der Waals surface area contributed by atoms with Gasteiger partial charge in [-0.3, -0.25) is 4.79 Å². The van der Waals surface area contributed by atoms with E-state index in [0.717, 1.165) is 0 Å². The third kappa shape index (κ3) is 2.02. The van der Waals surface area contributed by atoms with Gasteiger partial charge in [0.05, 0.1) is 13.0 Å². The first-order chi connectivity index (χ1) is 6.56. The zero-order chi connectivity index (χ0) is 10.7. The zero-order valence-corrected chi connectivity index (χ0v) is 8.08. The van der Waals surface area contributed by atoms with Crippen molar-refractivity contribution in [2.75, 3.05) is 12.8 Å². The van der Waals surface area contributed by atoms with E-state index in [1.54, 1.807) is 13.0 Å². The van der Waals surface area contributed by atoms with Crippen molar-refractivity contribution in [3.63, 3.8) is 0 Å². The zero-order valence-electron chi connectivity index (χ0n) is 8.08. The fraction of sp³-hybridized carbons (Fsp3) is 0.300. The molecule has 1 rings (SSSR count). The van der Waals surface area contributed by atoms with E-state index >= 15 is 0 Å². The Morgan fingerprint density at radius 2 is 2.21 bits per heavy atom. The summed E-state index contributed by atoms with van der Waals surface area (Å²) in [6.45, 7) is 1.58.